The molecule has 0 aromatic heterocycles. The first kappa shape index (κ1) is 22.3. The monoisotopic (exact) mass is 304 g/mol. The van der Waals surface area contributed by atoms with Crippen LogP contribution >= 0.6 is 0 Å². The lowest BCUT2D eigenvalue weighted by atomic mass is 10.2. The van der Waals surface area contributed by atoms with Crippen LogP contribution in [0.2, 0.25) is 0 Å². The molecule has 124 valence electrons. The minimum absolute atomic E-state index is 0.917. The van der Waals surface area contributed by atoms with Gasteiger partial charge in [0.05, 0.1) is 14.2 Å². The summed E-state index contributed by atoms with van der Waals surface area (Å²) in [7, 11) is 3.35. The van der Waals surface area contributed by atoms with Crippen molar-refractivity contribution in [2.45, 2.75) is 41.5 Å². The normalized spacial score (nSPS) is 8.00. The summed E-state index contributed by atoms with van der Waals surface area (Å²) in [6.07, 6.45) is 0. The molecule has 22 heavy (non-hydrogen) atoms. The molecule has 2 aromatic carbocycles. The molecule has 2 rings (SSSR count). The van der Waals surface area contributed by atoms with Gasteiger partial charge < -0.3 is 9.47 Å². The van der Waals surface area contributed by atoms with E-state index in [1.54, 1.807) is 14.2 Å². The molecule has 0 spiro atoms. The van der Waals surface area contributed by atoms with Gasteiger partial charge in [0, 0.05) is 0 Å². The summed E-state index contributed by atoms with van der Waals surface area (Å²) in [6, 6.07) is 15.9. The zero-order valence-electron chi connectivity index (χ0n) is 15.4. The van der Waals surface area contributed by atoms with E-state index in [9.17, 15) is 0 Å². The predicted molar refractivity (Wildman–Crippen MR) is 98.2 cm³/mol. The van der Waals surface area contributed by atoms with Gasteiger partial charge in [-0.05, 0) is 43.7 Å². The number of rotatable bonds is 2. The van der Waals surface area contributed by atoms with Crippen molar-refractivity contribution in [3.05, 3.63) is 59.7 Å². The van der Waals surface area contributed by atoms with Gasteiger partial charge in [-0.2, -0.15) is 0 Å². The topological polar surface area (TPSA) is 18.5 Å². The second kappa shape index (κ2) is 15.4. The molecular formula is C20H32O2. The fourth-order valence-electron chi connectivity index (χ4n) is 1.42. The first-order valence-electron chi connectivity index (χ1n) is 7.87. The third-order valence-corrected chi connectivity index (χ3v) is 2.48. The first-order valence-corrected chi connectivity index (χ1v) is 7.87. The molecule has 0 bridgehead atoms. The maximum atomic E-state index is 5.00. The summed E-state index contributed by atoms with van der Waals surface area (Å²) in [5, 5.41) is 0. The van der Waals surface area contributed by atoms with Crippen LogP contribution in [0.1, 0.15) is 38.8 Å². The molecule has 0 heterocycles. The van der Waals surface area contributed by atoms with Crippen molar-refractivity contribution in [3.8, 4) is 11.5 Å². The van der Waals surface area contributed by atoms with Crippen LogP contribution in [-0.4, -0.2) is 14.2 Å². The highest BCUT2D eigenvalue weighted by Gasteiger charge is 1.87. The molecule has 0 N–H and O–H groups in total. The van der Waals surface area contributed by atoms with Crippen LogP contribution in [0.15, 0.2) is 48.5 Å². The molecule has 0 fully saturated rings. The lowest BCUT2D eigenvalue weighted by molar-refractivity contribution is 0.414. The minimum atomic E-state index is 0.917. The van der Waals surface area contributed by atoms with Gasteiger partial charge in [-0.1, -0.05) is 57.5 Å². The number of ether oxygens (including phenoxy) is 2. The Labute approximate surface area is 137 Å². The average Bonchev–Trinajstić information content (AvgIpc) is 2.60. The van der Waals surface area contributed by atoms with Crippen LogP contribution in [0, 0.1) is 13.8 Å². The Morgan fingerprint density at radius 3 is 1.45 bits per heavy atom. The van der Waals surface area contributed by atoms with Crippen LogP contribution < -0.4 is 9.47 Å². The van der Waals surface area contributed by atoms with Crippen LogP contribution in [0.4, 0.5) is 0 Å². The molecule has 0 saturated carbocycles. The molecule has 0 aliphatic heterocycles. The van der Waals surface area contributed by atoms with Gasteiger partial charge in [0.25, 0.3) is 0 Å². The summed E-state index contributed by atoms with van der Waals surface area (Å²) in [4.78, 5) is 0. The molecule has 0 unspecified atom stereocenters. The van der Waals surface area contributed by atoms with E-state index in [1.165, 1.54) is 11.1 Å². The quantitative estimate of drug-likeness (QED) is 0.671. The number of hydrogen-bond acceptors (Lipinski definition) is 2. The van der Waals surface area contributed by atoms with Gasteiger partial charge >= 0.3 is 0 Å². The largest absolute Gasteiger partial charge is 0.497 e. The molecular weight excluding hydrogens is 272 g/mol. The third-order valence-electron chi connectivity index (χ3n) is 2.48. The van der Waals surface area contributed by atoms with Crippen molar-refractivity contribution in [1.82, 2.24) is 0 Å². The van der Waals surface area contributed by atoms with E-state index < -0.39 is 0 Å². The van der Waals surface area contributed by atoms with E-state index in [4.69, 9.17) is 9.47 Å². The molecule has 2 nitrogen and oxygen atoms in total. The van der Waals surface area contributed by atoms with E-state index in [2.05, 4.69) is 6.92 Å². The van der Waals surface area contributed by atoms with Crippen LogP contribution in [-0.2, 0) is 0 Å². The lowest BCUT2D eigenvalue weighted by Crippen LogP contribution is -1.81. The smallest absolute Gasteiger partial charge is 0.119 e. The number of methoxy groups -OCH3 is 2. The molecule has 0 aliphatic carbocycles. The van der Waals surface area contributed by atoms with Crippen molar-refractivity contribution < 1.29 is 9.47 Å². The highest BCUT2D eigenvalue weighted by molar-refractivity contribution is 5.27. The zero-order chi connectivity index (χ0) is 17.4. The fourth-order valence-corrected chi connectivity index (χ4v) is 1.42. The van der Waals surface area contributed by atoms with E-state index in [0.717, 1.165) is 11.5 Å². The third kappa shape index (κ3) is 10.8. The van der Waals surface area contributed by atoms with Crippen molar-refractivity contribution in [2.75, 3.05) is 14.2 Å². The Morgan fingerprint density at radius 2 is 1.09 bits per heavy atom. The maximum Gasteiger partial charge on any atom is 0.119 e. The Balaban J connectivity index is 0. The van der Waals surface area contributed by atoms with E-state index in [0.29, 0.717) is 0 Å². The van der Waals surface area contributed by atoms with E-state index >= 15 is 0 Å². The number of benzene rings is 2. The van der Waals surface area contributed by atoms with Gasteiger partial charge in [-0.3, -0.25) is 0 Å². The molecule has 0 radical (unpaired) electrons. The molecule has 0 aliphatic rings. The number of hydrogen-bond donors (Lipinski definition) is 0. The molecule has 0 saturated heterocycles. The fraction of sp³-hybridized carbons (Fsp3) is 0.400. The summed E-state index contributed by atoms with van der Waals surface area (Å²) in [5.74, 6) is 1.84. The van der Waals surface area contributed by atoms with Gasteiger partial charge in [-0.25, -0.2) is 0 Å². The first-order chi connectivity index (χ1) is 10.7. The Kier molecular flexibility index (Phi) is 15.7. The standard InChI is InChI=1S/2C8H10O.2C2H6/c1-7-3-5-8(9-2)6-4-7;1-7-4-3-5-8(6-7)9-2;2*1-2/h2*3-6H,1-2H3;2*1-2H3. The van der Waals surface area contributed by atoms with Gasteiger partial charge in [-0.15, -0.1) is 0 Å². The average molecular weight is 304 g/mol. The Morgan fingerprint density at radius 1 is 0.591 bits per heavy atom. The van der Waals surface area contributed by atoms with Crippen LogP contribution in [0.3, 0.4) is 0 Å². The summed E-state index contributed by atoms with van der Waals surface area (Å²) < 4.78 is 9.96. The predicted octanol–water partition coefficient (Wildman–Crippen LogP) is 6.06. The lowest BCUT2D eigenvalue weighted by Gasteiger charge is -1.97. The van der Waals surface area contributed by atoms with Crippen molar-refractivity contribution in [2.24, 2.45) is 0 Å². The summed E-state index contributed by atoms with van der Waals surface area (Å²) in [6.45, 7) is 12.1. The molecule has 2 aromatic rings. The second-order valence-electron chi connectivity index (χ2n) is 4.04. The van der Waals surface area contributed by atoms with Crippen molar-refractivity contribution in [1.29, 1.82) is 0 Å². The summed E-state index contributed by atoms with van der Waals surface area (Å²) >= 11 is 0. The second-order valence-corrected chi connectivity index (χ2v) is 4.04. The van der Waals surface area contributed by atoms with Crippen LogP contribution in [0.25, 0.3) is 0 Å². The molecule has 0 amide bonds. The highest BCUT2D eigenvalue weighted by Crippen LogP contribution is 2.10. The van der Waals surface area contributed by atoms with Gasteiger partial charge in [0.1, 0.15) is 11.5 Å². The van der Waals surface area contributed by atoms with E-state index in [1.807, 2.05) is 83.1 Å². The summed E-state index contributed by atoms with van der Waals surface area (Å²) in [5.41, 5.74) is 2.49. The van der Waals surface area contributed by atoms with Crippen LogP contribution in [0.5, 0.6) is 11.5 Å². The zero-order valence-corrected chi connectivity index (χ0v) is 15.4. The van der Waals surface area contributed by atoms with Gasteiger partial charge in [0.15, 0.2) is 0 Å². The molecule has 2 heteroatoms. The maximum absolute atomic E-state index is 5.00. The minimum Gasteiger partial charge on any atom is -0.497 e. The highest BCUT2D eigenvalue weighted by atomic mass is 16.5. The molecule has 0 atom stereocenters. The Bertz CT molecular complexity index is 461. The van der Waals surface area contributed by atoms with Gasteiger partial charge in [0.2, 0.25) is 0 Å². The SMILES string of the molecule is CC.CC.COc1ccc(C)cc1.COc1cccc(C)c1. The Hall–Kier alpha value is -1.96. The van der Waals surface area contributed by atoms with E-state index in [-0.39, 0.29) is 0 Å². The number of aryl methyl sites for hydroxylation is 2. The van der Waals surface area contributed by atoms with Crippen molar-refractivity contribution >= 4 is 0 Å². The van der Waals surface area contributed by atoms with Crippen molar-refractivity contribution in [3.63, 3.8) is 0 Å².